The molecule has 8 N–H and O–H groups in total. The third-order valence-electron chi connectivity index (χ3n) is 10.2. The Bertz CT molecular complexity index is 1430. The molecule has 11 nitrogen and oxygen atoms in total. The Hall–Kier alpha value is -3.32. The van der Waals surface area contributed by atoms with Gasteiger partial charge in [-0.3, -0.25) is 19.2 Å². The van der Waals surface area contributed by atoms with E-state index < -0.39 is 35.8 Å². The molecule has 4 aliphatic carbocycles. The van der Waals surface area contributed by atoms with Crippen molar-refractivity contribution in [2.24, 2.45) is 23.0 Å². The Morgan fingerprint density at radius 3 is 2.16 bits per heavy atom. The van der Waals surface area contributed by atoms with Crippen LogP contribution in [0.15, 0.2) is 54.6 Å². The van der Waals surface area contributed by atoms with Crippen molar-refractivity contribution in [3.63, 3.8) is 0 Å². The molecule has 6 rings (SSSR count). The van der Waals surface area contributed by atoms with Gasteiger partial charge in [0.25, 0.3) is 0 Å². The molecule has 0 aromatic heterocycles. The number of hydrogen-bond acceptors (Lipinski definition) is 8. The van der Waals surface area contributed by atoms with E-state index in [0.29, 0.717) is 24.0 Å². The highest BCUT2D eigenvalue weighted by molar-refractivity contribution is 7.98. The molecule has 4 aliphatic rings. The Kier molecular flexibility index (Phi) is 13.4. The maximum Gasteiger partial charge on any atom is 0.243 e. The minimum Gasteiger partial charge on any atom is -0.508 e. The highest BCUT2D eigenvalue weighted by atomic mass is 35.5. The second kappa shape index (κ2) is 17.1. The second-order valence-electron chi connectivity index (χ2n) is 14.2. The number of halogens is 1. The number of aromatic hydroxyl groups is 1. The summed E-state index contributed by atoms with van der Waals surface area (Å²) in [6.07, 6.45) is 8.42. The third kappa shape index (κ3) is 10.1. The van der Waals surface area contributed by atoms with Gasteiger partial charge in [0.15, 0.2) is 0 Å². The summed E-state index contributed by atoms with van der Waals surface area (Å²) in [7, 11) is 0. The summed E-state index contributed by atoms with van der Waals surface area (Å²) < 4.78 is 0. The van der Waals surface area contributed by atoms with Crippen LogP contribution in [0.5, 0.6) is 5.75 Å². The van der Waals surface area contributed by atoms with Crippen molar-refractivity contribution in [1.29, 1.82) is 0 Å². The number of nitrogens with two attached hydrogens (primary N) is 1. The minimum absolute atomic E-state index is 0. The van der Waals surface area contributed by atoms with Crippen LogP contribution in [-0.4, -0.2) is 82.7 Å². The SMILES string of the molecule is CSCC[C@@H](NC(=O)[C@@H](N)Cc1ccc(O)cc1)C(=O)NCC(=O)N[C@@H](Cc1ccccc1)C(=O)NC12CC3CC(CC(CO)(C3)C1)C2.Cl. The summed E-state index contributed by atoms with van der Waals surface area (Å²) >= 11 is 1.52. The summed E-state index contributed by atoms with van der Waals surface area (Å²) in [6, 6.07) is 13.2. The highest BCUT2D eigenvalue weighted by Crippen LogP contribution is 2.61. The number of aliphatic hydroxyl groups is 1. The molecule has 5 atom stereocenters. The van der Waals surface area contributed by atoms with Gasteiger partial charge in [-0.05, 0) is 104 Å². The topological polar surface area (TPSA) is 183 Å². The molecule has 13 heteroatoms. The van der Waals surface area contributed by atoms with Crippen LogP contribution in [0.1, 0.15) is 56.1 Å². The van der Waals surface area contributed by atoms with Gasteiger partial charge in [-0.25, -0.2) is 0 Å². The highest BCUT2D eigenvalue weighted by Gasteiger charge is 2.58. The van der Waals surface area contributed by atoms with Crippen LogP contribution in [-0.2, 0) is 32.0 Å². The van der Waals surface area contributed by atoms with E-state index >= 15 is 0 Å². The number of phenols is 1. The molecule has 0 aliphatic heterocycles. The molecule has 0 saturated heterocycles. The zero-order valence-electron chi connectivity index (χ0n) is 28.0. The summed E-state index contributed by atoms with van der Waals surface area (Å²) in [4.78, 5) is 53.3. The van der Waals surface area contributed by atoms with E-state index in [1.807, 2.05) is 36.6 Å². The molecule has 49 heavy (non-hydrogen) atoms. The largest absolute Gasteiger partial charge is 0.508 e. The van der Waals surface area contributed by atoms with Gasteiger partial charge in [-0.1, -0.05) is 42.5 Å². The standard InChI is InChI=1S/C36H49N5O6S.ClH/c1-48-12-11-29(40-32(45)28(37)14-24-7-9-27(43)10-8-24)33(46)38-20-31(44)39-30(15-23-5-3-2-4-6-23)34(47)41-36-18-25-13-26(19-36)17-35(16-25,21-36)22-42;/h2-10,25-26,28-30,42-43H,11-22,37H2,1H3,(H,38,46)(H,39,44)(H,40,45)(H,41,47);1H/t25?,26?,28-,29+,30-,35?,36?;/m0./s1. The molecule has 4 fully saturated rings. The van der Waals surface area contributed by atoms with E-state index in [0.717, 1.165) is 49.7 Å². The van der Waals surface area contributed by atoms with Crippen molar-refractivity contribution in [3.05, 3.63) is 65.7 Å². The number of hydrogen-bond donors (Lipinski definition) is 7. The zero-order chi connectivity index (χ0) is 34.3. The molecule has 4 saturated carbocycles. The summed E-state index contributed by atoms with van der Waals surface area (Å²) in [5.41, 5.74) is 7.26. The van der Waals surface area contributed by atoms with Crippen LogP contribution in [0.3, 0.4) is 0 Å². The lowest BCUT2D eigenvalue weighted by atomic mass is 9.47. The summed E-state index contributed by atoms with van der Waals surface area (Å²) in [6.45, 7) is -0.240. The van der Waals surface area contributed by atoms with E-state index in [1.165, 1.54) is 23.9 Å². The molecule has 2 aromatic rings. The number of phenolic OH excluding ortho intramolecular Hbond substituents is 1. The summed E-state index contributed by atoms with van der Waals surface area (Å²) in [5.74, 6) is -0.122. The van der Waals surface area contributed by atoms with Crippen LogP contribution < -0.4 is 27.0 Å². The smallest absolute Gasteiger partial charge is 0.243 e. The van der Waals surface area contributed by atoms with Crippen molar-refractivity contribution in [3.8, 4) is 5.75 Å². The van der Waals surface area contributed by atoms with Gasteiger partial charge in [0.1, 0.15) is 17.8 Å². The first-order chi connectivity index (χ1) is 23.0. The van der Waals surface area contributed by atoms with E-state index in [1.54, 1.807) is 12.1 Å². The summed E-state index contributed by atoms with van der Waals surface area (Å²) in [5, 5.41) is 31.4. The molecule has 4 bridgehead atoms. The van der Waals surface area contributed by atoms with Crippen molar-refractivity contribution in [1.82, 2.24) is 21.3 Å². The average Bonchev–Trinajstić information content (AvgIpc) is 3.05. The molecule has 0 heterocycles. The monoisotopic (exact) mass is 715 g/mol. The van der Waals surface area contributed by atoms with Gasteiger partial charge in [-0.2, -0.15) is 11.8 Å². The van der Waals surface area contributed by atoms with Crippen molar-refractivity contribution >= 4 is 47.8 Å². The molecule has 0 radical (unpaired) electrons. The third-order valence-corrected chi connectivity index (χ3v) is 10.9. The van der Waals surface area contributed by atoms with Gasteiger partial charge in [0.2, 0.25) is 23.6 Å². The number of rotatable bonds is 16. The van der Waals surface area contributed by atoms with Crippen LogP contribution >= 0.6 is 24.2 Å². The molecule has 4 amide bonds. The number of thioether (sulfide) groups is 1. The second-order valence-corrected chi connectivity index (χ2v) is 15.2. The fourth-order valence-corrected chi connectivity index (χ4v) is 8.96. The first-order valence-electron chi connectivity index (χ1n) is 16.9. The lowest BCUT2D eigenvalue weighted by molar-refractivity contribution is -0.138. The fraction of sp³-hybridized carbons (Fsp3) is 0.556. The predicted molar refractivity (Wildman–Crippen MR) is 192 cm³/mol. The lowest BCUT2D eigenvalue weighted by Gasteiger charge is -2.62. The average molecular weight is 716 g/mol. The van der Waals surface area contributed by atoms with Gasteiger partial charge in [-0.15, -0.1) is 12.4 Å². The predicted octanol–water partition coefficient (Wildman–Crippen LogP) is 2.21. The Balaban J connectivity index is 0.00000541. The number of amides is 4. The first kappa shape index (κ1) is 38.5. The lowest BCUT2D eigenvalue weighted by Crippen LogP contribution is -2.66. The van der Waals surface area contributed by atoms with Crippen molar-refractivity contribution < 1.29 is 29.4 Å². The van der Waals surface area contributed by atoms with Gasteiger partial charge in [0.05, 0.1) is 12.6 Å². The number of benzene rings is 2. The van der Waals surface area contributed by atoms with Crippen molar-refractivity contribution in [2.75, 3.05) is 25.2 Å². The molecule has 0 spiro atoms. The maximum absolute atomic E-state index is 13.9. The molecular formula is C36H50ClN5O6S. The van der Waals surface area contributed by atoms with Crippen LogP contribution in [0.4, 0.5) is 0 Å². The van der Waals surface area contributed by atoms with Crippen LogP contribution in [0, 0.1) is 17.3 Å². The Morgan fingerprint density at radius 2 is 1.53 bits per heavy atom. The van der Waals surface area contributed by atoms with Crippen molar-refractivity contribution in [2.45, 2.75) is 81.5 Å². The first-order valence-corrected chi connectivity index (χ1v) is 18.3. The molecule has 2 aromatic carbocycles. The van der Waals surface area contributed by atoms with Gasteiger partial charge < -0.3 is 37.2 Å². The van der Waals surface area contributed by atoms with E-state index in [9.17, 15) is 29.4 Å². The van der Waals surface area contributed by atoms with Crippen LogP contribution in [0.25, 0.3) is 0 Å². The molecule has 2 unspecified atom stereocenters. The number of carbonyl (C=O) groups excluding carboxylic acids is 4. The number of carbonyl (C=O) groups is 4. The van der Waals surface area contributed by atoms with Gasteiger partial charge in [0, 0.05) is 18.6 Å². The van der Waals surface area contributed by atoms with Gasteiger partial charge >= 0.3 is 0 Å². The molecular weight excluding hydrogens is 666 g/mol. The zero-order valence-corrected chi connectivity index (χ0v) is 29.6. The van der Waals surface area contributed by atoms with E-state index in [-0.39, 0.29) is 61.0 Å². The number of nitrogens with one attached hydrogen (secondary N) is 4. The fourth-order valence-electron chi connectivity index (χ4n) is 8.49. The molecule has 268 valence electrons. The van der Waals surface area contributed by atoms with Crippen LogP contribution in [0.2, 0.25) is 0 Å². The minimum atomic E-state index is -0.916. The quantitative estimate of drug-likeness (QED) is 0.138. The van der Waals surface area contributed by atoms with E-state index in [2.05, 4.69) is 21.3 Å². The Labute approximate surface area is 298 Å². The Morgan fingerprint density at radius 1 is 0.878 bits per heavy atom. The maximum atomic E-state index is 13.9. The number of aliphatic hydroxyl groups excluding tert-OH is 1. The normalized spacial score (nSPS) is 25.3. The van der Waals surface area contributed by atoms with E-state index in [4.69, 9.17) is 5.73 Å².